The maximum Gasteiger partial charge on any atom is 0.133 e. The molecule has 1 heterocycles. The Morgan fingerprint density at radius 2 is 2.06 bits per heavy atom. The fourth-order valence-corrected chi connectivity index (χ4v) is 1.47. The quantitative estimate of drug-likeness (QED) is 0.568. The van der Waals surface area contributed by atoms with E-state index < -0.39 is 0 Å². The fourth-order valence-electron chi connectivity index (χ4n) is 1.47. The molecule has 0 atom stereocenters. The van der Waals surface area contributed by atoms with Crippen molar-refractivity contribution in [1.29, 1.82) is 0 Å². The molecule has 0 aliphatic rings. The molecule has 0 aliphatic heterocycles. The van der Waals surface area contributed by atoms with E-state index in [4.69, 9.17) is 9.84 Å². The molecular formula is C12H22N4O2. The van der Waals surface area contributed by atoms with E-state index in [-0.39, 0.29) is 6.61 Å². The fraction of sp³-hybridized carbons (Fsp3) is 0.667. The van der Waals surface area contributed by atoms with Crippen molar-refractivity contribution in [1.82, 2.24) is 9.97 Å². The summed E-state index contributed by atoms with van der Waals surface area (Å²) in [5.74, 6) is 2.45. The van der Waals surface area contributed by atoms with Crippen LogP contribution in [0.5, 0.6) is 0 Å². The number of aromatic nitrogens is 2. The van der Waals surface area contributed by atoms with Gasteiger partial charge in [-0.1, -0.05) is 6.92 Å². The van der Waals surface area contributed by atoms with Gasteiger partial charge in [0.2, 0.25) is 0 Å². The number of hydrogen-bond acceptors (Lipinski definition) is 6. The summed E-state index contributed by atoms with van der Waals surface area (Å²) in [6.45, 7) is 3.73. The lowest BCUT2D eigenvalue weighted by molar-refractivity contribution is 0.0992. The van der Waals surface area contributed by atoms with E-state index in [2.05, 4.69) is 27.5 Å². The third-order valence-corrected chi connectivity index (χ3v) is 2.29. The van der Waals surface area contributed by atoms with Gasteiger partial charge in [-0.3, -0.25) is 0 Å². The number of nitrogens with zero attached hydrogens (tertiary/aromatic N) is 2. The Kier molecular flexibility index (Phi) is 7.05. The third-order valence-electron chi connectivity index (χ3n) is 2.29. The lowest BCUT2D eigenvalue weighted by Crippen LogP contribution is -2.13. The molecule has 3 N–H and O–H groups in total. The Morgan fingerprint density at radius 1 is 1.28 bits per heavy atom. The Balaban J connectivity index is 2.50. The van der Waals surface area contributed by atoms with Gasteiger partial charge in [-0.05, 0) is 6.42 Å². The summed E-state index contributed by atoms with van der Waals surface area (Å²) in [6.07, 6.45) is 1.89. The van der Waals surface area contributed by atoms with Crippen molar-refractivity contribution in [2.24, 2.45) is 0 Å². The summed E-state index contributed by atoms with van der Waals surface area (Å²) in [6, 6.07) is 1.87. The van der Waals surface area contributed by atoms with Gasteiger partial charge in [-0.2, -0.15) is 0 Å². The molecule has 0 amide bonds. The van der Waals surface area contributed by atoms with Crippen LogP contribution in [-0.4, -0.2) is 48.5 Å². The Bertz CT molecular complexity index is 347. The number of rotatable bonds is 9. The van der Waals surface area contributed by atoms with E-state index in [9.17, 15) is 0 Å². The lowest BCUT2D eigenvalue weighted by atomic mass is 10.3. The molecule has 0 fully saturated rings. The van der Waals surface area contributed by atoms with Crippen molar-refractivity contribution in [2.75, 3.05) is 44.0 Å². The third kappa shape index (κ3) is 5.29. The standard InChI is InChI=1S/C12H22N4O2/c1-3-4-10-15-11(13-2)9-12(16-10)14-5-7-18-8-6-17/h9,17H,3-8H2,1-2H3,(H2,13,14,15,16). The van der Waals surface area contributed by atoms with E-state index in [1.165, 1.54) is 0 Å². The Morgan fingerprint density at radius 3 is 2.72 bits per heavy atom. The number of aryl methyl sites for hydroxylation is 1. The van der Waals surface area contributed by atoms with Crippen LogP contribution in [0.15, 0.2) is 6.07 Å². The van der Waals surface area contributed by atoms with Crippen molar-refractivity contribution in [3.8, 4) is 0 Å². The molecule has 0 spiro atoms. The van der Waals surface area contributed by atoms with E-state index in [0.717, 1.165) is 30.3 Å². The molecule has 1 aromatic heterocycles. The van der Waals surface area contributed by atoms with E-state index in [0.29, 0.717) is 19.8 Å². The average Bonchev–Trinajstić information content (AvgIpc) is 2.38. The van der Waals surface area contributed by atoms with Gasteiger partial charge in [-0.25, -0.2) is 9.97 Å². The highest BCUT2D eigenvalue weighted by atomic mass is 16.5. The number of aliphatic hydroxyl groups excluding tert-OH is 1. The summed E-state index contributed by atoms with van der Waals surface area (Å²) < 4.78 is 5.17. The van der Waals surface area contributed by atoms with E-state index in [1.54, 1.807) is 0 Å². The van der Waals surface area contributed by atoms with Gasteiger partial charge in [0.1, 0.15) is 17.5 Å². The normalized spacial score (nSPS) is 10.4. The molecule has 0 radical (unpaired) electrons. The molecule has 0 unspecified atom stereocenters. The zero-order valence-electron chi connectivity index (χ0n) is 11.1. The van der Waals surface area contributed by atoms with Crippen LogP contribution < -0.4 is 10.6 Å². The smallest absolute Gasteiger partial charge is 0.133 e. The van der Waals surface area contributed by atoms with Gasteiger partial charge in [-0.15, -0.1) is 0 Å². The SMILES string of the molecule is CCCc1nc(NC)cc(NCCOCCO)n1. The first kappa shape index (κ1) is 14.7. The number of nitrogens with one attached hydrogen (secondary N) is 2. The molecule has 0 aromatic carbocycles. The second kappa shape index (κ2) is 8.66. The lowest BCUT2D eigenvalue weighted by Gasteiger charge is -2.09. The molecule has 0 saturated carbocycles. The number of ether oxygens (including phenoxy) is 1. The molecule has 0 bridgehead atoms. The van der Waals surface area contributed by atoms with Crippen molar-refractivity contribution >= 4 is 11.6 Å². The second-order valence-electron chi connectivity index (χ2n) is 3.82. The van der Waals surface area contributed by atoms with Crippen LogP contribution in [0.1, 0.15) is 19.2 Å². The van der Waals surface area contributed by atoms with Crippen LogP contribution in [0.2, 0.25) is 0 Å². The van der Waals surface area contributed by atoms with Gasteiger partial charge in [0, 0.05) is 26.1 Å². The van der Waals surface area contributed by atoms with Crippen molar-refractivity contribution in [3.63, 3.8) is 0 Å². The summed E-state index contributed by atoms with van der Waals surface area (Å²) >= 11 is 0. The number of hydrogen-bond donors (Lipinski definition) is 3. The topological polar surface area (TPSA) is 79.3 Å². The monoisotopic (exact) mass is 254 g/mol. The molecule has 6 heteroatoms. The van der Waals surface area contributed by atoms with Gasteiger partial charge in [0.15, 0.2) is 0 Å². The Hall–Kier alpha value is -1.40. The molecule has 0 saturated heterocycles. The summed E-state index contributed by atoms with van der Waals surface area (Å²) in [7, 11) is 1.84. The van der Waals surface area contributed by atoms with Crippen molar-refractivity contribution < 1.29 is 9.84 Å². The van der Waals surface area contributed by atoms with E-state index in [1.807, 2.05) is 13.1 Å². The predicted octanol–water partition coefficient (Wildman–Crippen LogP) is 0.892. The van der Waals surface area contributed by atoms with Gasteiger partial charge < -0.3 is 20.5 Å². The minimum absolute atomic E-state index is 0.0536. The largest absolute Gasteiger partial charge is 0.394 e. The minimum atomic E-state index is 0.0536. The highest BCUT2D eigenvalue weighted by Crippen LogP contribution is 2.11. The first-order valence-electron chi connectivity index (χ1n) is 6.28. The van der Waals surface area contributed by atoms with Crippen LogP contribution in [-0.2, 0) is 11.2 Å². The maximum absolute atomic E-state index is 8.57. The summed E-state index contributed by atoms with van der Waals surface area (Å²) in [4.78, 5) is 8.79. The molecule has 18 heavy (non-hydrogen) atoms. The molecule has 0 aliphatic carbocycles. The van der Waals surface area contributed by atoms with Gasteiger partial charge in [0.05, 0.1) is 19.8 Å². The number of aliphatic hydroxyl groups is 1. The first-order chi connectivity index (χ1) is 8.80. The molecule has 102 valence electrons. The molecule has 1 rings (SSSR count). The van der Waals surface area contributed by atoms with Crippen LogP contribution in [0.3, 0.4) is 0 Å². The molecule has 6 nitrogen and oxygen atoms in total. The van der Waals surface area contributed by atoms with Gasteiger partial charge in [0.25, 0.3) is 0 Å². The maximum atomic E-state index is 8.57. The highest BCUT2D eigenvalue weighted by molar-refractivity contribution is 5.47. The Labute approximate surface area is 108 Å². The second-order valence-corrected chi connectivity index (χ2v) is 3.82. The molecular weight excluding hydrogens is 232 g/mol. The van der Waals surface area contributed by atoms with Crippen molar-refractivity contribution in [2.45, 2.75) is 19.8 Å². The zero-order valence-corrected chi connectivity index (χ0v) is 11.1. The van der Waals surface area contributed by atoms with Gasteiger partial charge >= 0.3 is 0 Å². The summed E-state index contributed by atoms with van der Waals surface area (Å²) in [5, 5.41) is 14.8. The van der Waals surface area contributed by atoms with Crippen LogP contribution in [0.4, 0.5) is 11.6 Å². The van der Waals surface area contributed by atoms with Crippen molar-refractivity contribution in [3.05, 3.63) is 11.9 Å². The predicted molar refractivity (Wildman–Crippen MR) is 72.0 cm³/mol. The summed E-state index contributed by atoms with van der Waals surface area (Å²) in [5.41, 5.74) is 0. The van der Waals surface area contributed by atoms with Crippen LogP contribution >= 0.6 is 0 Å². The van der Waals surface area contributed by atoms with Crippen LogP contribution in [0.25, 0.3) is 0 Å². The van der Waals surface area contributed by atoms with E-state index >= 15 is 0 Å². The van der Waals surface area contributed by atoms with Crippen LogP contribution in [0, 0.1) is 0 Å². The highest BCUT2D eigenvalue weighted by Gasteiger charge is 2.02. The minimum Gasteiger partial charge on any atom is -0.394 e. The first-order valence-corrected chi connectivity index (χ1v) is 6.28. The molecule has 1 aromatic rings. The zero-order chi connectivity index (χ0) is 13.2. The number of anilines is 2. The average molecular weight is 254 g/mol.